The summed E-state index contributed by atoms with van der Waals surface area (Å²) in [6, 6.07) is 0. The summed E-state index contributed by atoms with van der Waals surface area (Å²) in [6.07, 6.45) is 2.48. The molecule has 0 radical (unpaired) electrons. The Kier molecular flexibility index (Phi) is 3.09. The van der Waals surface area contributed by atoms with Gasteiger partial charge >= 0.3 is 0 Å². The average molecular weight is 233 g/mol. The monoisotopic (exact) mass is 233 g/mol. The van der Waals surface area contributed by atoms with Crippen LogP contribution in [-0.4, -0.2) is 43.7 Å². The Morgan fingerprint density at radius 1 is 1.53 bits per heavy atom. The molecule has 2 fully saturated rings. The molecule has 0 aromatic carbocycles. The van der Waals surface area contributed by atoms with Gasteiger partial charge in [0.25, 0.3) is 0 Å². The van der Waals surface area contributed by atoms with Crippen LogP contribution >= 0.6 is 9.24 Å². The standard InChI is InChI=1S/C11H21FNOP/c1-9-5-13(7-11(9,12)15)6-10(3-4-10)8-14-2/h9H,3-8,15H2,1-2H3. The first-order chi connectivity index (χ1) is 6.97. The molecule has 4 heteroatoms. The van der Waals surface area contributed by atoms with Crippen molar-refractivity contribution in [3.8, 4) is 0 Å². The molecule has 0 spiro atoms. The molecule has 2 rings (SSSR count). The van der Waals surface area contributed by atoms with Crippen molar-refractivity contribution in [2.45, 2.75) is 25.2 Å². The molecule has 88 valence electrons. The maximum Gasteiger partial charge on any atom is 0.140 e. The van der Waals surface area contributed by atoms with E-state index in [0.29, 0.717) is 12.0 Å². The molecular formula is C11H21FNOP. The minimum Gasteiger partial charge on any atom is -0.384 e. The maximum atomic E-state index is 13.9. The Bertz CT molecular complexity index is 243. The normalized spacial score (nSPS) is 39.6. The molecular weight excluding hydrogens is 212 g/mol. The van der Waals surface area contributed by atoms with Crippen LogP contribution in [0.2, 0.25) is 0 Å². The smallest absolute Gasteiger partial charge is 0.140 e. The van der Waals surface area contributed by atoms with Gasteiger partial charge in [-0.25, -0.2) is 4.39 Å². The van der Waals surface area contributed by atoms with E-state index < -0.39 is 5.41 Å². The van der Waals surface area contributed by atoms with Crippen molar-refractivity contribution in [2.24, 2.45) is 11.3 Å². The van der Waals surface area contributed by atoms with Gasteiger partial charge in [-0.15, -0.1) is 0 Å². The predicted molar refractivity (Wildman–Crippen MR) is 62.7 cm³/mol. The molecule has 3 unspecified atom stereocenters. The van der Waals surface area contributed by atoms with Crippen LogP contribution in [0.4, 0.5) is 4.39 Å². The highest BCUT2D eigenvalue weighted by atomic mass is 31.0. The third-order valence-corrected chi connectivity index (χ3v) is 4.54. The molecule has 1 aliphatic heterocycles. The van der Waals surface area contributed by atoms with Gasteiger partial charge in [-0.1, -0.05) is 16.2 Å². The van der Waals surface area contributed by atoms with E-state index in [1.165, 1.54) is 12.8 Å². The molecule has 2 aliphatic rings. The Morgan fingerprint density at radius 3 is 2.60 bits per heavy atom. The fourth-order valence-electron chi connectivity index (χ4n) is 2.53. The highest BCUT2D eigenvalue weighted by molar-refractivity contribution is 7.18. The van der Waals surface area contributed by atoms with Crippen molar-refractivity contribution in [1.29, 1.82) is 0 Å². The fourth-order valence-corrected chi connectivity index (χ4v) is 2.89. The van der Waals surface area contributed by atoms with E-state index in [0.717, 1.165) is 19.7 Å². The van der Waals surface area contributed by atoms with Crippen LogP contribution in [0.15, 0.2) is 0 Å². The maximum absolute atomic E-state index is 13.9. The molecule has 2 nitrogen and oxygen atoms in total. The molecule has 0 aromatic heterocycles. The van der Waals surface area contributed by atoms with Crippen molar-refractivity contribution in [1.82, 2.24) is 4.90 Å². The number of rotatable bonds is 4. The van der Waals surface area contributed by atoms with E-state index in [1.54, 1.807) is 7.11 Å². The molecule has 3 atom stereocenters. The number of nitrogens with zero attached hydrogens (tertiary/aromatic N) is 1. The van der Waals surface area contributed by atoms with Crippen LogP contribution in [0.3, 0.4) is 0 Å². The van der Waals surface area contributed by atoms with Gasteiger partial charge in [-0.05, 0) is 12.8 Å². The summed E-state index contributed by atoms with van der Waals surface area (Å²) in [5.41, 5.74) is 0.347. The largest absolute Gasteiger partial charge is 0.384 e. The number of methoxy groups -OCH3 is 1. The molecule has 1 saturated carbocycles. The van der Waals surface area contributed by atoms with E-state index in [1.807, 2.05) is 6.92 Å². The molecule has 0 N–H and O–H groups in total. The lowest BCUT2D eigenvalue weighted by atomic mass is 10.1. The number of hydrogen-bond acceptors (Lipinski definition) is 2. The highest BCUT2D eigenvalue weighted by Crippen LogP contribution is 2.48. The Hall–Kier alpha value is 0.280. The fraction of sp³-hybridized carbons (Fsp3) is 1.00. The first-order valence-electron chi connectivity index (χ1n) is 5.67. The summed E-state index contributed by atoms with van der Waals surface area (Å²) in [5.74, 6) is 0.126. The zero-order valence-corrected chi connectivity index (χ0v) is 10.8. The van der Waals surface area contributed by atoms with Crippen LogP contribution in [-0.2, 0) is 4.74 Å². The Balaban J connectivity index is 1.87. The minimum absolute atomic E-state index is 0.126. The van der Waals surface area contributed by atoms with Gasteiger partial charge in [0.15, 0.2) is 0 Å². The van der Waals surface area contributed by atoms with Gasteiger partial charge in [-0.2, -0.15) is 0 Å². The van der Waals surface area contributed by atoms with Crippen molar-refractivity contribution >= 4 is 9.24 Å². The summed E-state index contributed by atoms with van der Waals surface area (Å²) in [6.45, 7) is 5.26. The van der Waals surface area contributed by atoms with E-state index in [2.05, 4.69) is 14.1 Å². The second-order valence-corrected chi connectivity index (χ2v) is 6.39. The zero-order chi connectivity index (χ0) is 11.1. The van der Waals surface area contributed by atoms with Gasteiger partial charge in [-0.3, -0.25) is 4.90 Å². The van der Waals surface area contributed by atoms with Crippen LogP contribution < -0.4 is 0 Å². The number of hydrogen-bond donors (Lipinski definition) is 0. The van der Waals surface area contributed by atoms with Gasteiger partial charge < -0.3 is 4.74 Å². The van der Waals surface area contributed by atoms with Crippen molar-refractivity contribution in [3.63, 3.8) is 0 Å². The summed E-state index contributed by atoms with van der Waals surface area (Å²) in [7, 11) is 4.12. The third-order valence-electron chi connectivity index (χ3n) is 3.78. The average Bonchev–Trinajstić information content (AvgIpc) is 2.78. The van der Waals surface area contributed by atoms with Gasteiger partial charge in [0, 0.05) is 38.1 Å². The number of halogens is 1. The lowest BCUT2D eigenvalue weighted by molar-refractivity contribution is 0.112. The van der Waals surface area contributed by atoms with E-state index >= 15 is 0 Å². The minimum atomic E-state index is -1.08. The van der Waals surface area contributed by atoms with Crippen LogP contribution in [0.1, 0.15) is 19.8 Å². The number of likely N-dealkylation sites (tertiary alicyclic amines) is 1. The molecule has 15 heavy (non-hydrogen) atoms. The van der Waals surface area contributed by atoms with Crippen molar-refractivity contribution in [3.05, 3.63) is 0 Å². The first kappa shape index (κ1) is 11.8. The topological polar surface area (TPSA) is 12.5 Å². The Labute approximate surface area is 93.7 Å². The second-order valence-electron chi connectivity index (χ2n) is 5.43. The van der Waals surface area contributed by atoms with Crippen LogP contribution in [0.25, 0.3) is 0 Å². The summed E-state index contributed by atoms with van der Waals surface area (Å²) < 4.78 is 19.2. The molecule has 0 amide bonds. The molecule has 1 heterocycles. The number of alkyl halides is 1. The lowest BCUT2D eigenvalue weighted by Crippen LogP contribution is -2.32. The molecule has 1 aliphatic carbocycles. The predicted octanol–water partition coefficient (Wildman–Crippen LogP) is 1.91. The first-order valence-corrected chi connectivity index (χ1v) is 6.24. The zero-order valence-electron chi connectivity index (χ0n) is 9.63. The molecule has 0 bridgehead atoms. The second kappa shape index (κ2) is 3.94. The summed E-state index contributed by atoms with van der Waals surface area (Å²) in [4.78, 5) is 2.25. The van der Waals surface area contributed by atoms with Gasteiger partial charge in [0.05, 0.1) is 6.61 Å². The van der Waals surface area contributed by atoms with E-state index in [9.17, 15) is 4.39 Å². The summed E-state index contributed by atoms with van der Waals surface area (Å²) >= 11 is 0. The van der Waals surface area contributed by atoms with Gasteiger partial charge in [0.2, 0.25) is 0 Å². The van der Waals surface area contributed by atoms with Crippen LogP contribution in [0, 0.1) is 11.3 Å². The number of ether oxygens (including phenoxy) is 1. The third kappa shape index (κ3) is 2.51. The van der Waals surface area contributed by atoms with Crippen LogP contribution in [0.5, 0.6) is 0 Å². The van der Waals surface area contributed by atoms with E-state index in [-0.39, 0.29) is 5.92 Å². The lowest BCUT2D eigenvalue weighted by Gasteiger charge is -2.23. The van der Waals surface area contributed by atoms with E-state index in [4.69, 9.17) is 4.74 Å². The van der Waals surface area contributed by atoms with Crippen molar-refractivity contribution in [2.75, 3.05) is 33.4 Å². The molecule has 0 aromatic rings. The van der Waals surface area contributed by atoms with Crippen molar-refractivity contribution < 1.29 is 9.13 Å². The quantitative estimate of drug-likeness (QED) is 0.688. The van der Waals surface area contributed by atoms with Gasteiger partial charge in [0.1, 0.15) is 5.41 Å². The molecule has 1 saturated heterocycles. The Morgan fingerprint density at radius 2 is 2.20 bits per heavy atom. The summed E-state index contributed by atoms with van der Waals surface area (Å²) in [5, 5.41) is -1.08. The highest BCUT2D eigenvalue weighted by Gasteiger charge is 2.48. The SMILES string of the molecule is COCC1(CN2CC(C)C(F)(P)C2)CC1.